The Morgan fingerprint density at radius 2 is 1.88 bits per heavy atom. The number of benzene rings is 2. The minimum absolute atomic E-state index is 0.133. The van der Waals surface area contributed by atoms with Crippen molar-refractivity contribution in [2.45, 2.75) is 6.42 Å². The van der Waals surface area contributed by atoms with Crippen molar-refractivity contribution >= 4 is 11.8 Å². The van der Waals surface area contributed by atoms with Crippen molar-refractivity contribution in [2.75, 3.05) is 19.9 Å². The van der Waals surface area contributed by atoms with Crippen LogP contribution >= 0.6 is 0 Å². The molecule has 1 aliphatic rings. The first kappa shape index (κ1) is 16.8. The Bertz CT molecular complexity index is 794. The van der Waals surface area contributed by atoms with E-state index in [1.807, 2.05) is 0 Å². The summed E-state index contributed by atoms with van der Waals surface area (Å²) in [5.74, 6) is 0.0997. The summed E-state index contributed by atoms with van der Waals surface area (Å²) in [5, 5.41) is 5.22. The first-order valence-corrected chi connectivity index (χ1v) is 7.81. The Morgan fingerprint density at radius 3 is 2.72 bits per heavy atom. The van der Waals surface area contributed by atoms with Crippen molar-refractivity contribution in [3.63, 3.8) is 0 Å². The van der Waals surface area contributed by atoms with Crippen molar-refractivity contribution in [1.82, 2.24) is 10.6 Å². The molecule has 0 unspecified atom stereocenters. The fourth-order valence-electron chi connectivity index (χ4n) is 2.40. The van der Waals surface area contributed by atoms with Gasteiger partial charge < -0.3 is 20.1 Å². The Balaban J connectivity index is 1.42. The third-order valence-electron chi connectivity index (χ3n) is 3.67. The van der Waals surface area contributed by atoms with Crippen molar-refractivity contribution in [3.05, 3.63) is 59.4 Å². The highest BCUT2D eigenvalue weighted by Gasteiger charge is 2.16. The molecule has 0 saturated heterocycles. The Morgan fingerprint density at radius 1 is 1.04 bits per heavy atom. The fourth-order valence-corrected chi connectivity index (χ4v) is 2.40. The highest BCUT2D eigenvalue weighted by Crippen LogP contribution is 2.32. The minimum atomic E-state index is -0.376. The maximum Gasteiger partial charge on any atom is 0.251 e. The second-order valence-corrected chi connectivity index (χ2v) is 5.48. The van der Waals surface area contributed by atoms with Gasteiger partial charge in [-0.3, -0.25) is 9.59 Å². The number of rotatable bonds is 6. The molecule has 2 aromatic rings. The van der Waals surface area contributed by atoms with E-state index in [9.17, 15) is 14.0 Å². The average molecular weight is 344 g/mol. The third kappa shape index (κ3) is 4.47. The zero-order valence-electron chi connectivity index (χ0n) is 13.4. The van der Waals surface area contributed by atoms with Crippen LogP contribution in [0.3, 0.4) is 0 Å². The van der Waals surface area contributed by atoms with Gasteiger partial charge in [0, 0.05) is 12.1 Å². The van der Waals surface area contributed by atoms with Gasteiger partial charge in [-0.1, -0.05) is 12.1 Å². The predicted octanol–water partition coefficient (Wildman–Crippen LogP) is 1.64. The van der Waals surface area contributed by atoms with Crippen LogP contribution in [0.5, 0.6) is 11.5 Å². The van der Waals surface area contributed by atoms with Gasteiger partial charge in [0.05, 0.1) is 6.54 Å². The van der Waals surface area contributed by atoms with E-state index in [0.29, 0.717) is 30.0 Å². The molecule has 1 aliphatic heterocycles. The summed E-state index contributed by atoms with van der Waals surface area (Å²) in [6, 6.07) is 11.0. The lowest BCUT2D eigenvalue weighted by Gasteiger charge is -2.08. The van der Waals surface area contributed by atoms with Crippen LogP contribution in [0.4, 0.5) is 4.39 Å². The summed E-state index contributed by atoms with van der Waals surface area (Å²) in [4.78, 5) is 23.8. The number of hydrogen-bond acceptors (Lipinski definition) is 4. The fraction of sp³-hybridized carbons (Fsp3) is 0.222. The molecule has 130 valence electrons. The molecule has 2 aromatic carbocycles. The second-order valence-electron chi connectivity index (χ2n) is 5.48. The zero-order valence-corrected chi connectivity index (χ0v) is 13.4. The number of halogens is 1. The maximum atomic E-state index is 13.1. The Hall–Kier alpha value is -3.09. The van der Waals surface area contributed by atoms with Crippen LogP contribution in [0.25, 0.3) is 0 Å². The lowest BCUT2D eigenvalue weighted by atomic mass is 10.1. The number of nitrogens with one attached hydrogen (secondary N) is 2. The largest absolute Gasteiger partial charge is 0.454 e. The van der Waals surface area contributed by atoms with E-state index in [-0.39, 0.29) is 31.0 Å². The molecule has 0 atom stereocenters. The van der Waals surface area contributed by atoms with E-state index in [1.165, 1.54) is 12.1 Å². The van der Waals surface area contributed by atoms with Gasteiger partial charge in [0.25, 0.3) is 5.91 Å². The van der Waals surface area contributed by atoms with Gasteiger partial charge in [-0.2, -0.15) is 0 Å². The number of carbonyl (C=O) groups is 2. The zero-order chi connectivity index (χ0) is 17.6. The number of carbonyl (C=O) groups excluding carboxylic acids is 2. The van der Waals surface area contributed by atoms with Crippen LogP contribution in [0.1, 0.15) is 15.9 Å². The molecule has 3 rings (SSSR count). The lowest BCUT2D eigenvalue weighted by molar-refractivity contribution is -0.120. The summed E-state index contributed by atoms with van der Waals surface area (Å²) >= 11 is 0. The highest BCUT2D eigenvalue weighted by atomic mass is 19.1. The van der Waals surface area contributed by atoms with Crippen molar-refractivity contribution in [2.24, 2.45) is 0 Å². The van der Waals surface area contributed by atoms with E-state index in [1.54, 1.807) is 30.3 Å². The molecule has 6 nitrogen and oxygen atoms in total. The molecule has 2 N–H and O–H groups in total. The Labute approximate surface area is 143 Å². The first-order valence-electron chi connectivity index (χ1n) is 7.81. The second kappa shape index (κ2) is 7.65. The van der Waals surface area contributed by atoms with Crippen molar-refractivity contribution in [3.8, 4) is 11.5 Å². The molecule has 0 aromatic heterocycles. The quantitative estimate of drug-likeness (QED) is 0.835. The van der Waals surface area contributed by atoms with E-state index < -0.39 is 0 Å². The van der Waals surface area contributed by atoms with Crippen LogP contribution < -0.4 is 20.1 Å². The van der Waals surface area contributed by atoms with Gasteiger partial charge in [-0.15, -0.1) is 0 Å². The molecular formula is C18H17FN2O4. The van der Waals surface area contributed by atoms with Crippen LogP contribution in [-0.2, 0) is 11.2 Å². The molecule has 0 fully saturated rings. The normalized spacial score (nSPS) is 11.9. The van der Waals surface area contributed by atoms with E-state index >= 15 is 0 Å². The van der Waals surface area contributed by atoms with Gasteiger partial charge in [-0.25, -0.2) is 4.39 Å². The topological polar surface area (TPSA) is 76.7 Å². The minimum Gasteiger partial charge on any atom is -0.454 e. The van der Waals surface area contributed by atoms with Crippen LogP contribution in [-0.4, -0.2) is 31.7 Å². The molecule has 2 amide bonds. The highest BCUT2D eigenvalue weighted by molar-refractivity contribution is 5.97. The smallest absolute Gasteiger partial charge is 0.251 e. The van der Waals surface area contributed by atoms with Gasteiger partial charge in [0.15, 0.2) is 11.5 Å². The lowest BCUT2D eigenvalue weighted by Crippen LogP contribution is -2.37. The van der Waals surface area contributed by atoms with E-state index in [4.69, 9.17) is 9.47 Å². The number of fused-ring (bicyclic) bond motifs is 1. The molecule has 0 bridgehead atoms. The number of amides is 2. The van der Waals surface area contributed by atoms with Gasteiger partial charge in [0.1, 0.15) is 5.82 Å². The molecule has 0 saturated carbocycles. The summed E-state index contributed by atoms with van der Waals surface area (Å²) < 4.78 is 23.4. The number of ether oxygens (including phenoxy) is 2. The van der Waals surface area contributed by atoms with Gasteiger partial charge in [0.2, 0.25) is 12.7 Å². The molecular weight excluding hydrogens is 327 g/mol. The molecule has 7 heteroatoms. The summed E-state index contributed by atoms with van der Waals surface area (Å²) in [6.45, 7) is 0.354. The molecule has 0 radical (unpaired) electrons. The third-order valence-corrected chi connectivity index (χ3v) is 3.67. The Kier molecular flexibility index (Phi) is 5.13. The van der Waals surface area contributed by atoms with Crippen molar-refractivity contribution < 1.29 is 23.5 Å². The molecule has 25 heavy (non-hydrogen) atoms. The predicted molar refractivity (Wildman–Crippen MR) is 88.0 cm³/mol. The monoisotopic (exact) mass is 344 g/mol. The molecule has 0 spiro atoms. The van der Waals surface area contributed by atoms with Crippen LogP contribution in [0.15, 0.2) is 42.5 Å². The standard InChI is InChI=1S/C18H17FN2O4/c19-14-3-1-2-12(8-14)6-7-20-17(22)10-21-18(23)13-4-5-15-16(9-13)25-11-24-15/h1-5,8-9H,6-7,10-11H2,(H,20,22)(H,21,23). The van der Waals surface area contributed by atoms with E-state index in [0.717, 1.165) is 5.56 Å². The van der Waals surface area contributed by atoms with Gasteiger partial charge >= 0.3 is 0 Å². The molecule has 1 heterocycles. The summed E-state index contributed by atoms with van der Waals surface area (Å²) in [6.07, 6.45) is 0.513. The van der Waals surface area contributed by atoms with E-state index in [2.05, 4.69) is 10.6 Å². The number of hydrogen-bond donors (Lipinski definition) is 2. The van der Waals surface area contributed by atoms with Crippen LogP contribution in [0.2, 0.25) is 0 Å². The van der Waals surface area contributed by atoms with Crippen molar-refractivity contribution in [1.29, 1.82) is 0 Å². The average Bonchev–Trinajstić information content (AvgIpc) is 3.07. The van der Waals surface area contributed by atoms with Gasteiger partial charge in [-0.05, 0) is 42.3 Å². The summed E-state index contributed by atoms with van der Waals surface area (Å²) in [5.41, 5.74) is 1.18. The SMILES string of the molecule is O=C(CNC(=O)c1ccc2c(c1)OCO2)NCCc1cccc(F)c1. The first-order chi connectivity index (χ1) is 12.1. The van der Waals surface area contributed by atoms with Crippen LogP contribution in [0, 0.1) is 5.82 Å². The summed E-state index contributed by atoms with van der Waals surface area (Å²) in [7, 11) is 0. The maximum absolute atomic E-state index is 13.1. The molecule has 0 aliphatic carbocycles.